The third kappa shape index (κ3) is 2.58. The van der Waals surface area contributed by atoms with Crippen molar-refractivity contribution in [1.82, 2.24) is 14.5 Å². The molecular weight excluding hydrogens is 260 g/mol. The van der Waals surface area contributed by atoms with Crippen molar-refractivity contribution in [3.8, 4) is 0 Å². The molecule has 0 amide bonds. The molecule has 96 valence electrons. The Kier molecular flexibility index (Phi) is 3.64. The van der Waals surface area contributed by atoms with Gasteiger partial charge in [0.15, 0.2) is 0 Å². The van der Waals surface area contributed by atoms with Gasteiger partial charge in [0, 0.05) is 13.1 Å². The van der Waals surface area contributed by atoms with Gasteiger partial charge < -0.3 is 5.73 Å². The van der Waals surface area contributed by atoms with Crippen LogP contribution < -0.4 is 5.73 Å². The number of hydrogen-bond donors (Lipinski definition) is 1. The Balaban J connectivity index is 2.16. The smallest absolute Gasteiger partial charge is 0.272 e. The van der Waals surface area contributed by atoms with Crippen molar-refractivity contribution < 1.29 is 8.42 Å². The summed E-state index contributed by atoms with van der Waals surface area (Å²) in [6, 6.07) is 0. The summed E-state index contributed by atoms with van der Waals surface area (Å²) in [5, 5.41) is 7.36. The Labute approximate surface area is 105 Å². The molecule has 0 saturated heterocycles. The molecular formula is C9H16N4O2S2. The van der Waals surface area contributed by atoms with Crippen LogP contribution >= 0.6 is 11.3 Å². The lowest BCUT2D eigenvalue weighted by Crippen LogP contribution is -2.37. The maximum Gasteiger partial charge on any atom is 0.272 e. The van der Waals surface area contributed by atoms with Crippen LogP contribution in [0.3, 0.4) is 0 Å². The molecule has 0 aromatic carbocycles. The number of anilines is 1. The average molecular weight is 276 g/mol. The summed E-state index contributed by atoms with van der Waals surface area (Å²) in [6.07, 6.45) is 3.43. The van der Waals surface area contributed by atoms with E-state index in [9.17, 15) is 8.42 Å². The number of sulfonamides is 1. The van der Waals surface area contributed by atoms with Crippen LogP contribution in [-0.2, 0) is 10.0 Å². The molecule has 1 saturated carbocycles. The fourth-order valence-corrected chi connectivity index (χ4v) is 4.24. The summed E-state index contributed by atoms with van der Waals surface area (Å²) < 4.78 is 25.9. The Hall–Kier alpha value is -0.730. The van der Waals surface area contributed by atoms with Gasteiger partial charge in [0.1, 0.15) is 0 Å². The van der Waals surface area contributed by atoms with Gasteiger partial charge >= 0.3 is 0 Å². The summed E-state index contributed by atoms with van der Waals surface area (Å²) in [5.41, 5.74) is 5.42. The zero-order valence-electron chi connectivity index (χ0n) is 9.66. The van der Waals surface area contributed by atoms with Crippen LogP contribution in [0.25, 0.3) is 0 Å². The van der Waals surface area contributed by atoms with Crippen molar-refractivity contribution in [3.63, 3.8) is 0 Å². The molecule has 2 N–H and O–H groups in total. The number of nitrogens with two attached hydrogens (primary N) is 1. The van der Waals surface area contributed by atoms with Crippen molar-refractivity contribution in [3.05, 3.63) is 0 Å². The van der Waals surface area contributed by atoms with Crippen LogP contribution in [0.15, 0.2) is 4.34 Å². The lowest BCUT2D eigenvalue weighted by atomic mass is 9.85. The number of hydrogen-bond acceptors (Lipinski definition) is 6. The molecule has 1 heterocycles. The molecule has 0 spiro atoms. The second-order valence-electron chi connectivity index (χ2n) is 4.16. The first-order valence-electron chi connectivity index (χ1n) is 5.63. The molecule has 1 fully saturated rings. The molecule has 17 heavy (non-hydrogen) atoms. The monoisotopic (exact) mass is 276 g/mol. The highest BCUT2D eigenvalue weighted by atomic mass is 32.2. The standard InChI is InChI=1S/C9H16N4O2S2/c1-2-13(6-7-4-3-5-7)17(14,15)9-12-11-8(10)16-9/h7H,2-6H2,1H3,(H2,10,11). The van der Waals surface area contributed by atoms with Crippen LogP contribution in [0, 0.1) is 5.92 Å². The van der Waals surface area contributed by atoms with E-state index in [4.69, 9.17) is 5.73 Å². The fourth-order valence-electron chi connectivity index (χ4n) is 1.80. The SMILES string of the molecule is CCN(CC1CCC1)S(=O)(=O)c1nnc(N)s1. The van der Waals surface area contributed by atoms with Gasteiger partial charge in [-0.3, -0.25) is 0 Å². The predicted octanol–water partition coefficient (Wildman–Crippen LogP) is 0.931. The van der Waals surface area contributed by atoms with Crippen LogP contribution in [0.4, 0.5) is 5.13 Å². The van der Waals surface area contributed by atoms with E-state index < -0.39 is 10.0 Å². The average Bonchev–Trinajstić information content (AvgIpc) is 2.63. The molecule has 0 atom stereocenters. The molecule has 0 radical (unpaired) electrons. The Morgan fingerprint density at radius 2 is 2.18 bits per heavy atom. The van der Waals surface area contributed by atoms with E-state index in [0.29, 0.717) is 19.0 Å². The first-order valence-corrected chi connectivity index (χ1v) is 7.89. The van der Waals surface area contributed by atoms with Crippen molar-refractivity contribution in [2.75, 3.05) is 18.8 Å². The molecule has 1 aliphatic rings. The van der Waals surface area contributed by atoms with E-state index in [1.54, 1.807) is 0 Å². The second-order valence-corrected chi connectivity index (χ2v) is 7.28. The van der Waals surface area contributed by atoms with Gasteiger partial charge in [0.2, 0.25) is 9.47 Å². The predicted molar refractivity (Wildman–Crippen MR) is 66.1 cm³/mol. The van der Waals surface area contributed by atoms with E-state index in [-0.39, 0.29) is 9.47 Å². The first-order chi connectivity index (χ1) is 8.04. The second kappa shape index (κ2) is 4.87. The number of rotatable bonds is 5. The topological polar surface area (TPSA) is 89.2 Å². The molecule has 0 unspecified atom stereocenters. The van der Waals surface area contributed by atoms with Crippen LogP contribution in [0.1, 0.15) is 26.2 Å². The third-order valence-electron chi connectivity index (χ3n) is 3.02. The zero-order valence-corrected chi connectivity index (χ0v) is 11.3. The van der Waals surface area contributed by atoms with Crippen LogP contribution in [-0.4, -0.2) is 36.0 Å². The van der Waals surface area contributed by atoms with Crippen molar-refractivity contribution in [2.45, 2.75) is 30.5 Å². The zero-order chi connectivity index (χ0) is 12.5. The molecule has 6 nitrogen and oxygen atoms in total. The van der Waals surface area contributed by atoms with Gasteiger partial charge in [-0.25, -0.2) is 8.42 Å². The molecule has 2 rings (SSSR count). The van der Waals surface area contributed by atoms with Gasteiger partial charge in [-0.05, 0) is 18.8 Å². The first kappa shape index (κ1) is 12.7. The number of nitrogens with zero attached hydrogens (tertiary/aromatic N) is 3. The maximum absolute atomic E-state index is 12.2. The lowest BCUT2D eigenvalue weighted by molar-refractivity contribution is 0.250. The minimum Gasteiger partial charge on any atom is -0.374 e. The maximum atomic E-state index is 12.2. The van der Waals surface area contributed by atoms with E-state index in [1.807, 2.05) is 6.92 Å². The Morgan fingerprint density at radius 1 is 1.47 bits per heavy atom. The van der Waals surface area contributed by atoms with Gasteiger partial charge in [0.25, 0.3) is 10.0 Å². The van der Waals surface area contributed by atoms with E-state index in [1.165, 1.54) is 10.7 Å². The van der Waals surface area contributed by atoms with Gasteiger partial charge in [-0.1, -0.05) is 24.7 Å². The molecule has 0 bridgehead atoms. The van der Waals surface area contributed by atoms with E-state index in [2.05, 4.69) is 10.2 Å². The largest absolute Gasteiger partial charge is 0.374 e. The minimum atomic E-state index is -3.50. The van der Waals surface area contributed by atoms with Gasteiger partial charge in [0.05, 0.1) is 0 Å². The molecule has 8 heteroatoms. The summed E-state index contributed by atoms with van der Waals surface area (Å²) in [5.74, 6) is 0.495. The summed E-state index contributed by atoms with van der Waals surface area (Å²) >= 11 is 0.917. The molecule has 1 aromatic rings. The van der Waals surface area contributed by atoms with Crippen molar-refractivity contribution in [2.24, 2.45) is 5.92 Å². The summed E-state index contributed by atoms with van der Waals surface area (Å²) in [4.78, 5) is 0. The highest BCUT2D eigenvalue weighted by molar-refractivity contribution is 7.91. The highest BCUT2D eigenvalue weighted by Gasteiger charge is 2.30. The normalized spacial score (nSPS) is 17.3. The van der Waals surface area contributed by atoms with Gasteiger partial charge in [-0.15, -0.1) is 10.2 Å². The van der Waals surface area contributed by atoms with Crippen molar-refractivity contribution in [1.29, 1.82) is 0 Å². The molecule has 0 aliphatic heterocycles. The number of aromatic nitrogens is 2. The quantitative estimate of drug-likeness (QED) is 0.864. The fraction of sp³-hybridized carbons (Fsp3) is 0.778. The molecule has 1 aliphatic carbocycles. The van der Waals surface area contributed by atoms with E-state index in [0.717, 1.165) is 24.2 Å². The van der Waals surface area contributed by atoms with Crippen LogP contribution in [0.2, 0.25) is 0 Å². The Bertz CT molecular complexity index is 481. The van der Waals surface area contributed by atoms with Crippen molar-refractivity contribution >= 4 is 26.5 Å². The molecule has 1 aromatic heterocycles. The Morgan fingerprint density at radius 3 is 2.59 bits per heavy atom. The summed E-state index contributed by atoms with van der Waals surface area (Å²) in [7, 11) is -3.50. The minimum absolute atomic E-state index is 0.00354. The van der Waals surface area contributed by atoms with E-state index >= 15 is 0 Å². The number of nitrogen functional groups attached to an aromatic ring is 1. The summed E-state index contributed by atoms with van der Waals surface area (Å²) in [6.45, 7) is 2.87. The van der Waals surface area contributed by atoms with Crippen LogP contribution in [0.5, 0.6) is 0 Å². The van der Waals surface area contributed by atoms with Gasteiger partial charge in [-0.2, -0.15) is 4.31 Å². The highest BCUT2D eigenvalue weighted by Crippen LogP contribution is 2.29. The lowest BCUT2D eigenvalue weighted by Gasteiger charge is -2.30. The third-order valence-corrected chi connectivity index (χ3v) is 6.06.